The van der Waals surface area contributed by atoms with E-state index in [1.807, 2.05) is 19.1 Å². The van der Waals surface area contributed by atoms with E-state index in [1.165, 1.54) is 6.42 Å². The average molecular weight is 206 g/mol. The van der Waals surface area contributed by atoms with Crippen LogP contribution >= 0.6 is 0 Å². The van der Waals surface area contributed by atoms with Crippen molar-refractivity contribution in [3.63, 3.8) is 0 Å². The smallest absolute Gasteiger partial charge is 0.0667 e. The molecule has 0 aliphatic carbocycles. The van der Waals surface area contributed by atoms with E-state index in [-0.39, 0.29) is 0 Å². The number of aryl methyl sites for hydroxylation is 1. The SMILES string of the molecule is Cc1cc(NC2CCCOC2)ccc1N. The Balaban J connectivity index is 2.00. The van der Waals surface area contributed by atoms with Crippen LogP contribution in [0, 0.1) is 6.92 Å². The molecule has 0 saturated carbocycles. The molecule has 1 fully saturated rings. The molecule has 1 saturated heterocycles. The van der Waals surface area contributed by atoms with Gasteiger partial charge < -0.3 is 15.8 Å². The fourth-order valence-electron chi connectivity index (χ4n) is 1.86. The van der Waals surface area contributed by atoms with Gasteiger partial charge in [-0.3, -0.25) is 0 Å². The highest BCUT2D eigenvalue weighted by Crippen LogP contribution is 2.19. The van der Waals surface area contributed by atoms with Crippen molar-refractivity contribution < 1.29 is 4.74 Å². The zero-order valence-corrected chi connectivity index (χ0v) is 9.12. The minimum absolute atomic E-state index is 0.446. The molecule has 0 spiro atoms. The molecule has 0 radical (unpaired) electrons. The molecule has 1 aliphatic heterocycles. The van der Waals surface area contributed by atoms with Crippen LogP contribution in [0.1, 0.15) is 18.4 Å². The van der Waals surface area contributed by atoms with Crippen LogP contribution in [0.2, 0.25) is 0 Å². The van der Waals surface area contributed by atoms with Crippen molar-refractivity contribution in [3.8, 4) is 0 Å². The number of nitrogens with two attached hydrogens (primary N) is 1. The minimum Gasteiger partial charge on any atom is -0.399 e. The number of rotatable bonds is 2. The van der Waals surface area contributed by atoms with E-state index in [9.17, 15) is 0 Å². The van der Waals surface area contributed by atoms with Gasteiger partial charge in [-0.15, -0.1) is 0 Å². The summed E-state index contributed by atoms with van der Waals surface area (Å²) in [7, 11) is 0. The summed E-state index contributed by atoms with van der Waals surface area (Å²) in [4.78, 5) is 0. The molecule has 82 valence electrons. The molecule has 0 aromatic heterocycles. The third-order valence-corrected chi connectivity index (χ3v) is 2.80. The predicted octanol–water partition coefficient (Wildman–Crippen LogP) is 2.17. The molecule has 1 aliphatic rings. The fraction of sp³-hybridized carbons (Fsp3) is 0.500. The summed E-state index contributed by atoms with van der Waals surface area (Å²) < 4.78 is 5.42. The quantitative estimate of drug-likeness (QED) is 0.729. The van der Waals surface area contributed by atoms with Crippen LogP contribution in [0.4, 0.5) is 11.4 Å². The zero-order chi connectivity index (χ0) is 10.7. The van der Waals surface area contributed by atoms with Gasteiger partial charge in [0.25, 0.3) is 0 Å². The molecule has 1 heterocycles. The summed E-state index contributed by atoms with van der Waals surface area (Å²) in [6, 6.07) is 6.50. The molecule has 1 aromatic rings. The Morgan fingerprint density at radius 2 is 2.33 bits per heavy atom. The Labute approximate surface area is 90.6 Å². The van der Waals surface area contributed by atoms with Crippen LogP contribution in [-0.4, -0.2) is 19.3 Å². The molecule has 3 N–H and O–H groups in total. The second-order valence-corrected chi connectivity index (χ2v) is 4.13. The van der Waals surface area contributed by atoms with Crippen molar-refractivity contribution in [1.82, 2.24) is 0 Å². The van der Waals surface area contributed by atoms with Gasteiger partial charge >= 0.3 is 0 Å². The Morgan fingerprint density at radius 3 is 3.00 bits per heavy atom. The molecule has 3 nitrogen and oxygen atoms in total. The summed E-state index contributed by atoms with van der Waals surface area (Å²) in [5.74, 6) is 0. The molecule has 0 amide bonds. The van der Waals surface area contributed by atoms with Crippen LogP contribution in [-0.2, 0) is 4.74 Å². The first-order valence-corrected chi connectivity index (χ1v) is 5.46. The van der Waals surface area contributed by atoms with Crippen LogP contribution in [0.15, 0.2) is 18.2 Å². The van der Waals surface area contributed by atoms with Gasteiger partial charge in [0, 0.05) is 24.0 Å². The normalized spacial score (nSPS) is 21.3. The van der Waals surface area contributed by atoms with Gasteiger partial charge in [-0.2, -0.15) is 0 Å². The van der Waals surface area contributed by atoms with Crippen molar-refractivity contribution in [3.05, 3.63) is 23.8 Å². The number of nitrogen functional groups attached to an aromatic ring is 1. The molecule has 15 heavy (non-hydrogen) atoms. The standard InChI is InChI=1S/C12H18N2O/c1-9-7-10(4-5-12(9)13)14-11-3-2-6-15-8-11/h4-5,7,11,14H,2-3,6,8,13H2,1H3. The van der Waals surface area contributed by atoms with Crippen molar-refractivity contribution in [1.29, 1.82) is 0 Å². The van der Waals surface area contributed by atoms with Crippen LogP contribution < -0.4 is 11.1 Å². The summed E-state index contributed by atoms with van der Waals surface area (Å²) >= 11 is 0. The minimum atomic E-state index is 0.446. The summed E-state index contributed by atoms with van der Waals surface area (Å²) in [6.07, 6.45) is 2.33. The predicted molar refractivity (Wildman–Crippen MR) is 63.1 cm³/mol. The Bertz CT molecular complexity index is 332. The lowest BCUT2D eigenvalue weighted by Gasteiger charge is -2.24. The maximum atomic E-state index is 5.77. The third-order valence-electron chi connectivity index (χ3n) is 2.80. The molecule has 2 rings (SSSR count). The van der Waals surface area contributed by atoms with E-state index in [0.717, 1.165) is 36.6 Å². The molecule has 1 unspecified atom stereocenters. The van der Waals surface area contributed by atoms with Gasteiger partial charge in [0.15, 0.2) is 0 Å². The number of hydrogen-bond donors (Lipinski definition) is 2. The Hall–Kier alpha value is -1.22. The summed E-state index contributed by atoms with van der Waals surface area (Å²) in [5.41, 5.74) is 8.88. The molecule has 1 atom stereocenters. The van der Waals surface area contributed by atoms with E-state index in [1.54, 1.807) is 0 Å². The number of nitrogens with one attached hydrogen (secondary N) is 1. The lowest BCUT2D eigenvalue weighted by atomic mass is 10.1. The van der Waals surface area contributed by atoms with Gasteiger partial charge in [-0.05, 0) is 43.5 Å². The monoisotopic (exact) mass is 206 g/mol. The first-order valence-electron chi connectivity index (χ1n) is 5.46. The highest BCUT2D eigenvalue weighted by atomic mass is 16.5. The summed E-state index contributed by atoms with van der Waals surface area (Å²) in [6.45, 7) is 3.74. The first-order chi connectivity index (χ1) is 7.25. The number of ether oxygens (including phenoxy) is 1. The molecule has 1 aromatic carbocycles. The molecular weight excluding hydrogens is 188 g/mol. The van der Waals surface area contributed by atoms with Crippen LogP contribution in [0.25, 0.3) is 0 Å². The molecule has 3 heteroatoms. The topological polar surface area (TPSA) is 47.3 Å². The number of anilines is 2. The Kier molecular flexibility index (Phi) is 3.11. The zero-order valence-electron chi connectivity index (χ0n) is 9.12. The van der Waals surface area contributed by atoms with Crippen molar-refractivity contribution >= 4 is 11.4 Å². The van der Waals surface area contributed by atoms with Crippen molar-refractivity contribution in [2.45, 2.75) is 25.8 Å². The second-order valence-electron chi connectivity index (χ2n) is 4.13. The lowest BCUT2D eigenvalue weighted by Crippen LogP contribution is -2.29. The number of benzene rings is 1. The van der Waals surface area contributed by atoms with E-state index < -0.39 is 0 Å². The lowest BCUT2D eigenvalue weighted by molar-refractivity contribution is 0.0876. The average Bonchev–Trinajstić information content (AvgIpc) is 2.25. The van der Waals surface area contributed by atoms with E-state index in [2.05, 4.69) is 11.4 Å². The Morgan fingerprint density at radius 1 is 1.47 bits per heavy atom. The third kappa shape index (κ3) is 2.63. The van der Waals surface area contributed by atoms with Gasteiger partial charge in [-0.1, -0.05) is 0 Å². The van der Waals surface area contributed by atoms with Gasteiger partial charge in [0.2, 0.25) is 0 Å². The van der Waals surface area contributed by atoms with E-state index in [4.69, 9.17) is 10.5 Å². The number of hydrogen-bond acceptors (Lipinski definition) is 3. The largest absolute Gasteiger partial charge is 0.399 e. The first kappa shape index (κ1) is 10.3. The highest BCUT2D eigenvalue weighted by Gasteiger charge is 2.13. The van der Waals surface area contributed by atoms with Crippen molar-refractivity contribution in [2.75, 3.05) is 24.3 Å². The fourth-order valence-corrected chi connectivity index (χ4v) is 1.86. The highest BCUT2D eigenvalue weighted by molar-refractivity contribution is 5.57. The van der Waals surface area contributed by atoms with Crippen LogP contribution in [0.5, 0.6) is 0 Å². The molecular formula is C12H18N2O. The van der Waals surface area contributed by atoms with Gasteiger partial charge in [0.05, 0.1) is 6.61 Å². The maximum absolute atomic E-state index is 5.77. The summed E-state index contributed by atoms with van der Waals surface area (Å²) in [5, 5.41) is 3.47. The van der Waals surface area contributed by atoms with E-state index >= 15 is 0 Å². The maximum Gasteiger partial charge on any atom is 0.0667 e. The van der Waals surface area contributed by atoms with Crippen LogP contribution in [0.3, 0.4) is 0 Å². The molecule has 0 bridgehead atoms. The van der Waals surface area contributed by atoms with E-state index in [0.29, 0.717) is 6.04 Å². The van der Waals surface area contributed by atoms with Gasteiger partial charge in [0.1, 0.15) is 0 Å². The second kappa shape index (κ2) is 4.53. The van der Waals surface area contributed by atoms with Gasteiger partial charge in [-0.25, -0.2) is 0 Å². The van der Waals surface area contributed by atoms with Crippen molar-refractivity contribution in [2.24, 2.45) is 0 Å².